The molecular weight excluding hydrogens is 296 g/mol. The molecule has 0 unspecified atom stereocenters. The lowest BCUT2D eigenvalue weighted by Crippen LogP contribution is -2.20. The van der Waals surface area contributed by atoms with Gasteiger partial charge in [-0.2, -0.15) is 0 Å². The van der Waals surface area contributed by atoms with Gasteiger partial charge in [0.1, 0.15) is 0 Å². The fourth-order valence-corrected chi connectivity index (χ4v) is 3.60. The lowest BCUT2D eigenvalue weighted by molar-refractivity contribution is 0.305. The maximum atomic E-state index is 11.9. The topological polar surface area (TPSA) is 79.3 Å². The molecule has 2 N–H and O–H groups in total. The maximum Gasteiger partial charge on any atom is 0.234 e. The van der Waals surface area contributed by atoms with Crippen molar-refractivity contribution in [3.05, 3.63) is 11.1 Å². The largest absolute Gasteiger partial charge is 0.395 e. The van der Waals surface area contributed by atoms with Crippen LogP contribution in [0.15, 0.2) is 6.20 Å². The van der Waals surface area contributed by atoms with Gasteiger partial charge in [0.05, 0.1) is 23.4 Å². The minimum atomic E-state index is -3.37. The van der Waals surface area contributed by atoms with Crippen molar-refractivity contribution in [3.63, 3.8) is 0 Å². The first-order valence-corrected chi connectivity index (χ1v) is 8.75. The predicted octanol–water partition coefficient (Wildman–Crippen LogP) is 2.05. The van der Waals surface area contributed by atoms with Gasteiger partial charge in [-0.25, -0.2) is 13.4 Å². The number of nitrogens with zero attached hydrogens (tertiary/aromatic N) is 1. The molecule has 0 aliphatic rings. The summed E-state index contributed by atoms with van der Waals surface area (Å²) in [7, 11) is -3.37. The van der Waals surface area contributed by atoms with E-state index in [0.717, 1.165) is 0 Å². The summed E-state index contributed by atoms with van der Waals surface area (Å²) in [5.41, 5.74) is -0.0292. The molecule has 7 heteroatoms. The molecule has 112 valence electrons. The van der Waals surface area contributed by atoms with Crippen LogP contribution >= 0.6 is 11.3 Å². The molecule has 1 aromatic heterocycles. The molecular formula is C13H20N2O3S2. The molecule has 0 radical (unpaired) electrons. The second kappa shape index (κ2) is 7.07. The van der Waals surface area contributed by atoms with E-state index in [0.29, 0.717) is 22.9 Å². The summed E-state index contributed by atoms with van der Waals surface area (Å²) in [5, 5.41) is 8.95. The molecule has 0 aliphatic heterocycles. The number of rotatable bonds is 5. The zero-order valence-corrected chi connectivity index (χ0v) is 13.6. The average molecular weight is 316 g/mol. The Morgan fingerprint density at radius 2 is 2.15 bits per heavy atom. The molecule has 0 bridgehead atoms. The number of aliphatic hydroxyl groups is 1. The van der Waals surface area contributed by atoms with E-state index in [1.807, 2.05) is 20.8 Å². The molecule has 0 spiro atoms. The first-order chi connectivity index (χ1) is 9.22. The van der Waals surface area contributed by atoms with Gasteiger partial charge in [0.25, 0.3) is 0 Å². The quantitative estimate of drug-likeness (QED) is 0.815. The predicted molar refractivity (Wildman–Crippen MR) is 82.2 cm³/mol. The molecule has 0 amide bonds. The summed E-state index contributed by atoms with van der Waals surface area (Å²) in [6.07, 6.45) is 2.50. The van der Waals surface area contributed by atoms with Gasteiger partial charge in [0.15, 0.2) is 5.13 Å². The Labute approximate surface area is 124 Å². The summed E-state index contributed by atoms with van der Waals surface area (Å²) in [6.45, 7) is 6.01. The van der Waals surface area contributed by atoms with Gasteiger partial charge in [-0.3, -0.25) is 4.72 Å². The Morgan fingerprint density at radius 3 is 2.75 bits per heavy atom. The molecule has 20 heavy (non-hydrogen) atoms. The molecule has 0 aliphatic carbocycles. The minimum Gasteiger partial charge on any atom is -0.395 e. The summed E-state index contributed by atoms with van der Waals surface area (Å²) in [4.78, 5) is 4.66. The zero-order valence-electron chi connectivity index (χ0n) is 11.9. The van der Waals surface area contributed by atoms with Crippen molar-refractivity contribution in [2.24, 2.45) is 5.41 Å². The lowest BCUT2D eigenvalue weighted by Gasteiger charge is -2.17. The van der Waals surface area contributed by atoms with E-state index in [1.165, 1.54) is 17.5 Å². The van der Waals surface area contributed by atoms with Crippen molar-refractivity contribution >= 4 is 26.5 Å². The van der Waals surface area contributed by atoms with Crippen molar-refractivity contribution in [1.29, 1.82) is 0 Å². The van der Waals surface area contributed by atoms with E-state index < -0.39 is 10.0 Å². The summed E-state index contributed by atoms with van der Waals surface area (Å²) in [6, 6.07) is 0. The molecule has 1 heterocycles. The summed E-state index contributed by atoms with van der Waals surface area (Å²) in [5.74, 6) is 5.66. The second-order valence-corrected chi connectivity index (χ2v) is 8.41. The highest BCUT2D eigenvalue weighted by Crippen LogP contribution is 2.22. The third kappa shape index (κ3) is 6.89. The average Bonchev–Trinajstić information content (AvgIpc) is 2.73. The summed E-state index contributed by atoms with van der Waals surface area (Å²) < 4.78 is 26.3. The molecule has 5 nitrogen and oxygen atoms in total. The Bertz CT molecular complexity index is 589. The van der Waals surface area contributed by atoms with Gasteiger partial charge in [-0.05, 0) is 11.8 Å². The Hall–Kier alpha value is -1.10. The van der Waals surface area contributed by atoms with Crippen LogP contribution in [0.3, 0.4) is 0 Å². The van der Waals surface area contributed by atoms with Gasteiger partial charge in [0, 0.05) is 6.42 Å². The first-order valence-electron chi connectivity index (χ1n) is 6.28. The van der Waals surface area contributed by atoms with Crippen LogP contribution in [0.4, 0.5) is 5.13 Å². The SMILES string of the molecule is CC(C)(C)CCS(=O)(=O)Nc1ncc(C#CCCO)s1. The van der Waals surface area contributed by atoms with E-state index in [9.17, 15) is 8.42 Å². The number of sulfonamides is 1. The van der Waals surface area contributed by atoms with Crippen molar-refractivity contribution in [2.75, 3.05) is 17.1 Å². The van der Waals surface area contributed by atoms with E-state index >= 15 is 0 Å². The normalized spacial score (nSPS) is 11.8. The number of anilines is 1. The van der Waals surface area contributed by atoms with Gasteiger partial charge in [-0.1, -0.05) is 43.9 Å². The fourth-order valence-electron chi connectivity index (χ4n) is 1.21. The van der Waals surface area contributed by atoms with Crippen molar-refractivity contribution in [3.8, 4) is 11.8 Å². The Morgan fingerprint density at radius 1 is 1.45 bits per heavy atom. The van der Waals surface area contributed by atoms with Gasteiger partial charge < -0.3 is 5.11 Å². The lowest BCUT2D eigenvalue weighted by atomic mass is 9.94. The van der Waals surface area contributed by atoms with Gasteiger partial charge in [-0.15, -0.1) is 0 Å². The van der Waals surface area contributed by atoms with Gasteiger partial charge in [0.2, 0.25) is 10.0 Å². The molecule has 0 saturated heterocycles. The van der Waals surface area contributed by atoms with Crippen LogP contribution in [0.25, 0.3) is 0 Å². The zero-order chi connectivity index (χ0) is 15.2. The van der Waals surface area contributed by atoms with Crippen LogP contribution in [0, 0.1) is 17.3 Å². The number of aromatic nitrogens is 1. The van der Waals surface area contributed by atoms with Crippen LogP contribution in [0.5, 0.6) is 0 Å². The van der Waals surface area contributed by atoms with Crippen LogP contribution in [-0.4, -0.2) is 30.9 Å². The number of thiazole rings is 1. The highest BCUT2D eigenvalue weighted by molar-refractivity contribution is 7.92. The second-order valence-electron chi connectivity index (χ2n) is 5.54. The van der Waals surface area contributed by atoms with Crippen molar-refractivity contribution in [2.45, 2.75) is 33.6 Å². The van der Waals surface area contributed by atoms with E-state index in [-0.39, 0.29) is 17.8 Å². The molecule has 0 aromatic carbocycles. The third-order valence-electron chi connectivity index (χ3n) is 2.32. The minimum absolute atomic E-state index is 0.0120. The monoisotopic (exact) mass is 316 g/mol. The fraction of sp³-hybridized carbons (Fsp3) is 0.615. The highest BCUT2D eigenvalue weighted by atomic mass is 32.2. The van der Waals surface area contributed by atoms with E-state index in [4.69, 9.17) is 5.11 Å². The first kappa shape index (κ1) is 17.0. The molecule has 0 atom stereocenters. The number of nitrogens with one attached hydrogen (secondary N) is 1. The van der Waals surface area contributed by atoms with E-state index in [2.05, 4.69) is 21.5 Å². The Balaban J connectivity index is 2.63. The number of hydrogen-bond donors (Lipinski definition) is 2. The molecule has 1 rings (SSSR count). The molecule has 0 fully saturated rings. The highest BCUT2D eigenvalue weighted by Gasteiger charge is 2.18. The van der Waals surface area contributed by atoms with Crippen LogP contribution < -0.4 is 4.72 Å². The van der Waals surface area contributed by atoms with Crippen LogP contribution in [0.2, 0.25) is 0 Å². The third-order valence-corrected chi connectivity index (χ3v) is 4.52. The summed E-state index contributed by atoms with van der Waals surface area (Å²) >= 11 is 1.19. The smallest absolute Gasteiger partial charge is 0.234 e. The van der Waals surface area contributed by atoms with Crippen molar-refractivity contribution < 1.29 is 13.5 Å². The maximum absolute atomic E-state index is 11.9. The molecule has 0 saturated carbocycles. The van der Waals surface area contributed by atoms with E-state index in [1.54, 1.807) is 0 Å². The van der Waals surface area contributed by atoms with Crippen LogP contribution in [-0.2, 0) is 10.0 Å². The van der Waals surface area contributed by atoms with Crippen LogP contribution in [0.1, 0.15) is 38.5 Å². The Kier molecular flexibility index (Phi) is 5.99. The van der Waals surface area contributed by atoms with Crippen molar-refractivity contribution in [1.82, 2.24) is 4.98 Å². The standard InChI is InChI=1S/C13H20N2O3S2/c1-13(2,3)7-9-20(17,18)15-12-14-10-11(19-12)6-4-5-8-16/h10,16H,5,7-9H2,1-3H3,(H,14,15). The number of aliphatic hydroxyl groups excluding tert-OH is 1. The molecule has 1 aromatic rings. The van der Waals surface area contributed by atoms with Gasteiger partial charge >= 0.3 is 0 Å². The number of hydrogen-bond acceptors (Lipinski definition) is 5.